The minimum absolute atomic E-state index is 0.180. The Morgan fingerprint density at radius 1 is 1.21 bits per heavy atom. The molecular formula is C18H19BrClNO3. The molecule has 6 heteroatoms. The molecule has 4 nitrogen and oxygen atoms in total. The molecule has 0 saturated heterocycles. The highest BCUT2D eigenvalue weighted by Gasteiger charge is 2.27. The van der Waals surface area contributed by atoms with Gasteiger partial charge in [-0.25, -0.2) is 4.79 Å². The molecule has 0 aromatic heterocycles. The first-order valence-corrected chi connectivity index (χ1v) is 8.77. The summed E-state index contributed by atoms with van der Waals surface area (Å²) in [7, 11) is 0. The molecule has 0 saturated carbocycles. The number of hydrogen-bond donors (Lipinski definition) is 2. The van der Waals surface area contributed by atoms with Crippen LogP contribution < -0.4 is 0 Å². The molecule has 0 fully saturated rings. The Morgan fingerprint density at radius 2 is 1.88 bits per heavy atom. The van der Waals surface area contributed by atoms with Gasteiger partial charge < -0.3 is 15.1 Å². The van der Waals surface area contributed by atoms with E-state index in [1.807, 2.05) is 36.4 Å². The lowest BCUT2D eigenvalue weighted by molar-refractivity contribution is 0.107. The van der Waals surface area contributed by atoms with Crippen LogP contribution in [0, 0.1) is 0 Å². The minimum atomic E-state index is -1.01. The van der Waals surface area contributed by atoms with Crippen LogP contribution in [-0.4, -0.2) is 34.3 Å². The Morgan fingerprint density at radius 3 is 2.42 bits per heavy atom. The number of aliphatic hydroxyl groups excluding tert-OH is 1. The van der Waals surface area contributed by atoms with Crippen molar-refractivity contribution >= 4 is 33.6 Å². The van der Waals surface area contributed by atoms with Gasteiger partial charge in [-0.15, -0.1) is 0 Å². The third kappa shape index (κ3) is 4.50. The van der Waals surface area contributed by atoms with Crippen molar-refractivity contribution in [3.8, 4) is 0 Å². The number of carboxylic acid groups (broad SMARTS) is 1. The van der Waals surface area contributed by atoms with E-state index in [0.29, 0.717) is 11.6 Å². The monoisotopic (exact) mass is 411 g/mol. The lowest BCUT2D eigenvalue weighted by atomic mass is 9.88. The second-order valence-electron chi connectivity index (χ2n) is 5.46. The molecule has 2 aromatic carbocycles. The van der Waals surface area contributed by atoms with Crippen molar-refractivity contribution in [2.45, 2.75) is 18.9 Å². The first-order valence-electron chi connectivity index (χ1n) is 7.59. The van der Waals surface area contributed by atoms with Crippen LogP contribution in [0.25, 0.3) is 0 Å². The minimum Gasteiger partial charge on any atom is -0.465 e. The molecule has 2 atom stereocenters. The molecule has 0 spiro atoms. The number of benzene rings is 2. The van der Waals surface area contributed by atoms with Crippen LogP contribution in [0.4, 0.5) is 4.79 Å². The van der Waals surface area contributed by atoms with Gasteiger partial charge in [0.05, 0.1) is 11.1 Å². The van der Waals surface area contributed by atoms with Crippen LogP contribution in [0.1, 0.15) is 30.1 Å². The first-order chi connectivity index (χ1) is 11.4. The fraction of sp³-hybridized carbons (Fsp3) is 0.278. The summed E-state index contributed by atoms with van der Waals surface area (Å²) in [4.78, 5) is 12.7. The number of halogens is 2. The highest BCUT2D eigenvalue weighted by molar-refractivity contribution is 9.10. The summed E-state index contributed by atoms with van der Waals surface area (Å²) in [6.07, 6.45) is -1.84. The van der Waals surface area contributed by atoms with Gasteiger partial charge in [0, 0.05) is 23.5 Å². The SMILES string of the molecule is CCN(CC(c1ccc(Br)c(Cl)c1)C(O)c1ccccc1)C(=O)O. The molecule has 2 N–H and O–H groups in total. The van der Waals surface area contributed by atoms with Gasteiger partial charge in [0.2, 0.25) is 0 Å². The molecule has 2 rings (SSSR count). The maximum atomic E-state index is 11.4. The molecule has 24 heavy (non-hydrogen) atoms. The van der Waals surface area contributed by atoms with E-state index in [0.717, 1.165) is 15.6 Å². The number of likely N-dealkylation sites (N-methyl/N-ethyl adjacent to an activating group) is 1. The number of nitrogens with zero attached hydrogens (tertiary/aromatic N) is 1. The third-order valence-electron chi connectivity index (χ3n) is 3.96. The van der Waals surface area contributed by atoms with E-state index in [1.165, 1.54) is 4.90 Å². The number of carbonyl (C=O) groups is 1. The van der Waals surface area contributed by atoms with Gasteiger partial charge in [-0.1, -0.05) is 48.0 Å². The lowest BCUT2D eigenvalue weighted by Gasteiger charge is -2.29. The summed E-state index contributed by atoms with van der Waals surface area (Å²) in [6, 6.07) is 14.6. The zero-order chi connectivity index (χ0) is 17.7. The number of aliphatic hydroxyl groups is 1. The molecule has 0 bridgehead atoms. The number of hydrogen-bond acceptors (Lipinski definition) is 2. The Labute approximate surface area is 154 Å². The van der Waals surface area contributed by atoms with Gasteiger partial charge in [-0.05, 0) is 46.1 Å². The molecule has 2 unspecified atom stereocenters. The molecule has 0 aliphatic rings. The van der Waals surface area contributed by atoms with Gasteiger partial charge in [-0.2, -0.15) is 0 Å². The molecule has 0 radical (unpaired) electrons. The van der Waals surface area contributed by atoms with Gasteiger partial charge in [0.15, 0.2) is 0 Å². The van der Waals surface area contributed by atoms with Crippen LogP contribution >= 0.6 is 27.5 Å². The van der Waals surface area contributed by atoms with Crippen molar-refractivity contribution in [3.63, 3.8) is 0 Å². The Balaban J connectivity index is 2.40. The second kappa shape index (κ2) is 8.51. The topological polar surface area (TPSA) is 60.8 Å². The normalized spacial score (nSPS) is 13.3. The number of amides is 1. The summed E-state index contributed by atoms with van der Waals surface area (Å²) >= 11 is 9.53. The van der Waals surface area contributed by atoms with Crippen LogP contribution in [-0.2, 0) is 0 Å². The van der Waals surface area contributed by atoms with E-state index >= 15 is 0 Å². The summed E-state index contributed by atoms with van der Waals surface area (Å²) in [6.45, 7) is 2.30. The second-order valence-corrected chi connectivity index (χ2v) is 6.72. The quantitative estimate of drug-likeness (QED) is 0.708. The molecular weight excluding hydrogens is 394 g/mol. The van der Waals surface area contributed by atoms with Crippen molar-refractivity contribution in [3.05, 3.63) is 69.2 Å². The standard InChI is InChI=1S/C18H19BrClNO3/c1-2-21(18(23)24)11-14(13-8-9-15(19)16(20)10-13)17(22)12-6-4-3-5-7-12/h3-10,14,17,22H,2,11H2,1H3,(H,23,24). The van der Waals surface area contributed by atoms with Crippen molar-refractivity contribution in [1.82, 2.24) is 4.90 Å². The van der Waals surface area contributed by atoms with Crippen molar-refractivity contribution in [2.75, 3.05) is 13.1 Å². The van der Waals surface area contributed by atoms with Gasteiger partial charge in [-0.3, -0.25) is 0 Å². The zero-order valence-corrected chi connectivity index (χ0v) is 15.5. The maximum absolute atomic E-state index is 11.4. The summed E-state index contributed by atoms with van der Waals surface area (Å²) in [5.74, 6) is -0.422. The Kier molecular flexibility index (Phi) is 6.66. The fourth-order valence-corrected chi connectivity index (χ4v) is 3.03. The predicted molar refractivity (Wildman–Crippen MR) is 98.6 cm³/mol. The van der Waals surface area contributed by atoms with E-state index in [9.17, 15) is 15.0 Å². The summed E-state index contributed by atoms with van der Waals surface area (Å²) < 4.78 is 0.756. The number of rotatable bonds is 6. The van der Waals surface area contributed by atoms with Gasteiger partial charge in [0.1, 0.15) is 0 Å². The van der Waals surface area contributed by atoms with E-state index < -0.39 is 18.1 Å². The third-order valence-corrected chi connectivity index (χ3v) is 5.20. The van der Waals surface area contributed by atoms with Crippen LogP contribution in [0.3, 0.4) is 0 Å². The summed E-state index contributed by atoms with van der Waals surface area (Å²) in [5, 5.41) is 20.7. The van der Waals surface area contributed by atoms with Gasteiger partial charge >= 0.3 is 6.09 Å². The first kappa shape index (κ1) is 18.8. The molecule has 0 heterocycles. The molecule has 1 amide bonds. The van der Waals surface area contributed by atoms with E-state index in [1.54, 1.807) is 19.1 Å². The lowest BCUT2D eigenvalue weighted by Crippen LogP contribution is -2.35. The van der Waals surface area contributed by atoms with E-state index in [-0.39, 0.29) is 6.54 Å². The highest BCUT2D eigenvalue weighted by atomic mass is 79.9. The smallest absolute Gasteiger partial charge is 0.407 e. The van der Waals surface area contributed by atoms with Crippen molar-refractivity contribution in [1.29, 1.82) is 0 Å². The van der Waals surface area contributed by atoms with Crippen molar-refractivity contribution < 1.29 is 15.0 Å². The average molecular weight is 413 g/mol. The zero-order valence-electron chi connectivity index (χ0n) is 13.2. The van der Waals surface area contributed by atoms with Gasteiger partial charge in [0.25, 0.3) is 0 Å². The van der Waals surface area contributed by atoms with E-state index in [2.05, 4.69) is 15.9 Å². The molecule has 2 aromatic rings. The molecule has 0 aliphatic carbocycles. The van der Waals surface area contributed by atoms with Crippen LogP contribution in [0.5, 0.6) is 0 Å². The maximum Gasteiger partial charge on any atom is 0.407 e. The Hall–Kier alpha value is -1.56. The van der Waals surface area contributed by atoms with E-state index in [4.69, 9.17) is 11.6 Å². The molecule has 0 aliphatic heterocycles. The molecule has 128 valence electrons. The highest BCUT2D eigenvalue weighted by Crippen LogP contribution is 2.35. The summed E-state index contributed by atoms with van der Waals surface area (Å²) in [5.41, 5.74) is 1.53. The Bertz CT molecular complexity index is 696. The average Bonchev–Trinajstić information content (AvgIpc) is 2.58. The predicted octanol–water partition coefficient (Wildman–Crippen LogP) is 4.92. The van der Waals surface area contributed by atoms with Crippen molar-refractivity contribution in [2.24, 2.45) is 0 Å². The fourth-order valence-electron chi connectivity index (χ4n) is 2.59. The van der Waals surface area contributed by atoms with Crippen LogP contribution in [0.15, 0.2) is 53.0 Å². The van der Waals surface area contributed by atoms with Crippen LogP contribution in [0.2, 0.25) is 5.02 Å². The largest absolute Gasteiger partial charge is 0.465 e.